The van der Waals surface area contributed by atoms with Crippen LogP contribution in [0.2, 0.25) is 0 Å². The molecule has 2 heterocycles. The van der Waals surface area contributed by atoms with Gasteiger partial charge in [0.2, 0.25) is 15.0 Å². The van der Waals surface area contributed by atoms with Crippen LogP contribution in [0.3, 0.4) is 0 Å². The maximum Gasteiger partial charge on any atom is 0.274 e. The standard InChI is InChI=1S/C20H19N3O3S/c1-2-14-8-6-7-11-16(14)21-19(24)18-17(15-9-4-3-5-10-15)22-20-23(18)12-13-27(20,25)26/h3-11H,2,12-13H2,1H3,(H,21,24). The van der Waals surface area contributed by atoms with Crippen LogP contribution in [-0.4, -0.2) is 29.6 Å². The molecule has 3 aromatic rings. The fraction of sp³-hybridized carbons (Fsp3) is 0.200. The molecule has 4 rings (SSSR count). The van der Waals surface area contributed by atoms with Gasteiger partial charge in [-0.2, -0.15) is 0 Å². The summed E-state index contributed by atoms with van der Waals surface area (Å²) in [6.45, 7) is 2.25. The second-order valence-electron chi connectivity index (χ2n) is 6.39. The Morgan fingerprint density at radius 3 is 2.56 bits per heavy atom. The van der Waals surface area contributed by atoms with Gasteiger partial charge < -0.3 is 9.88 Å². The minimum absolute atomic E-state index is 0.0315. The number of fused-ring (bicyclic) bond motifs is 1. The van der Waals surface area contributed by atoms with E-state index in [2.05, 4.69) is 10.3 Å². The fourth-order valence-electron chi connectivity index (χ4n) is 3.34. The van der Waals surface area contributed by atoms with E-state index in [9.17, 15) is 13.2 Å². The topological polar surface area (TPSA) is 81.1 Å². The molecule has 2 aromatic carbocycles. The summed E-state index contributed by atoms with van der Waals surface area (Å²) in [7, 11) is -3.46. The van der Waals surface area contributed by atoms with Crippen molar-refractivity contribution in [3.05, 3.63) is 65.9 Å². The van der Waals surface area contributed by atoms with Gasteiger partial charge in [-0.1, -0.05) is 55.5 Å². The number of carbonyl (C=O) groups excluding carboxylic acids is 1. The van der Waals surface area contributed by atoms with Gasteiger partial charge in [-0.15, -0.1) is 0 Å². The smallest absolute Gasteiger partial charge is 0.274 e. The molecule has 0 saturated carbocycles. The third-order valence-corrected chi connectivity index (χ3v) is 6.29. The number of nitrogens with zero attached hydrogens (tertiary/aromatic N) is 2. The number of imidazole rings is 1. The number of sulfone groups is 1. The lowest BCUT2D eigenvalue weighted by Crippen LogP contribution is -2.18. The van der Waals surface area contributed by atoms with Crippen molar-refractivity contribution < 1.29 is 13.2 Å². The van der Waals surface area contributed by atoms with Gasteiger partial charge in [-0.25, -0.2) is 13.4 Å². The molecule has 138 valence electrons. The SMILES string of the molecule is CCc1ccccc1NC(=O)c1c(-c2ccccc2)nc2n1CCS2(=O)=O. The van der Waals surface area contributed by atoms with Crippen molar-refractivity contribution in [1.29, 1.82) is 0 Å². The Bertz CT molecular complexity index is 1120. The molecule has 1 aromatic heterocycles. The van der Waals surface area contributed by atoms with E-state index in [0.29, 0.717) is 11.3 Å². The van der Waals surface area contributed by atoms with E-state index in [-0.39, 0.29) is 29.1 Å². The second-order valence-corrected chi connectivity index (χ2v) is 8.40. The van der Waals surface area contributed by atoms with E-state index in [1.54, 1.807) is 0 Å². The summed E-state index contributed by atoms with van der Waals surface area (Å²) in [4.78, 5) is 17.5. The van der Waals surface area contributed by atoms with Crippen LogP contribution in [0.15, 0.2) is 59.8 Å². The molecule has 7 heteroatoms. The normalized spacial score (nSPS) is 14.7. The first kappa shape index (κ1) is 17.5. The summed E-state index contributed by atoms with van der Waals surface area (Å²) in [5, 5.41) is 2.90. The Hall–Kier alpha value is -2.93. The van der Waals surface area contributed by atoms with Crippen molar-refractivity contribution in [3.63, 3.8) is 0 Å². The lowest BCUT2D eigenvalue weighted by atomic mass is 10.1. The number of rotatable bonds is 4. The number of nitrogens with one attached hydrogen (secondary N) is 1. The molecule has 1 aliphatic rings. The molecule has 0 radical (unpaired) electrons. The first-order chi connectivity index (χ1) is 13.0. The summed E-state index contributed by atoms with van der Waals surface area (Å²) < 4.78 is 26.1. The highest BCUT2D eigenvalue weighted by atomic mass is 32.2. The van der Waals surface area contributed by atoms with Crippen LogP contribution in [0, 0.1) is 0 Å². The van der Waals surface area contributed by atoms with Gasteiger partial charge in [0.1, 0.15) is 11.4 Å². The number of aromatic nitrogens is 2. The maximum atomic E-state index is 13.1. The Labute approximate surface area is 157 Å². The van der Waals surface area contributed by atoms with Crippen LogP contribution >= 0.6 is 0 Å². The third-order valence-electron chi connectivity index (χ3n) is 4.70. The monoisotopic (exact) mass is 381 g/mol. The molecule has 0 atom stereocenters. The minimum atomic E-state index is -3.46. The lowest BCUT2D eigenvalue weighted by molar-refractivity contribution is 0.101. The summed E-state index contributed by atoms with van der Waals surface area (Å²) >= 11 is 0. The van der Waals surface area contributed by atoms with Crippen LogP contribution in [0.1, 0.15) is 23.0 Å². The van der Waals surface area contributed by atoms with Gasteiger partial charge in [0.15, 0.2) is 0 Å². The van der Waals surface area contributed by atoms with Crippen molar-refractivity contribution in [2.45, 2.75) is 25.0 Å². The molecule has 1 amide bonds. The van der Waals surface area contributed by atoms with Gasteiger partial charge in [-0.05, 0) is 18.1 Å². The zero-order valence-corrected chi connectivity index (χ0v) is 15.7. The third kappa shape index (κ3) is 3.04. The number of hydrogen-bond acceptors (Lipinski definition) is 4. The Kier molecular flexibility index (Phi) is 4.31. The largest absolute Gasteiger partial charge is 0.320 e. The van der Waals surface area contributed by atoms with Gasteiger partial charge in [0.25, 0.3) is 5.91 Å². The highest BCUT2D eigenvalue weighted by molar-refractivity contribution is 7.91. The predicted molar refractivity (Wildman–Crippen MR) is 103 cm³/mol. The van der Waals surface area contributed by atoms with E-state index in [1.165, 1.54) is 4.57 Å². The molecule has 0 unspecified atom stereocenters. The van der Waals surface area contributed by atoms with Gasteiger partial charge in [-0.3, -0.25) is 4.79 Å². The molecule has 0 spiro atoms. The van der Waals surface area contributed by atoms with E-state index < -0.39 is 9.84 Å². The van der Waals surface area contributed by atoms with Crippen LogP contribution in [-0.2, 0) is 22.8 Å². The molecule has 27 heavy (non-hydrogen) atoms. The quantitative estimate of drug-likeness (QED) is 0.753. The summed E-state index contributed by atoms with van der Waals surface area (Å²) in [6.07, 6.45) is 0.779. The molecule has 1 aliphatic heterocycles. The first-order valence-electron chi connectivity index (χ1n) is 8.79. The Balaban J connectivity index is 1.83. The number of carbonyl (C=O) groups is 1. The molecule has 0 fully saturated rings. The first-order valence-corrected chi connectivity index (χ1v) is 10.4. The summed E-state index contributed by atoms with van der Waals surface area (Å²) in [5.41, 5.74) is 3.12. The molecule has 1 N–H and O–H groups in total. The average Bonchev–Trinajstić information content (AvgIpc) is 3.20. The second kappa shape index (κ2) is 6.66. The summed E-state index contributed by atoms with van der Waals surface area (Å²) in [6, 6.07) is 16.8. The average molecular weight is 381 g/mol. The van der Waals surface area contributed by atoms with E-state index >= 15 is 0 Å². The van der Waals surface area contributed by atoms with Crippen LogP contribution < -0.4 is 5.32 Å². The molecule has 0 bridgehead atoms. The minimum Gasteiger partial charge on any atom is -0.320 e. The van der Waals surface area contributed by atoms with E-state index in [4.69, 9.17) is 0 Å². The Morgan fingerprint density at radius 1 is 1.11 bits per heavy atom. The van der Waals surface area contributed by atoms with Gasteiger partial charge in [0, 0.05) is 17.8 Å². The molecular weight excluding hydrogens is 362 g/mol. The number of benzene rings is 2. The van der Waals surface area contributed by atoms with Crippen LogP contribution in [0.4, 0.5) is 5.69 Å². The maximum absolute atomic E-state index is 13.1. The van der Waals surface area contributed by atoms with Crippen molar-refractivity contribution in [1.82, 2.24) is 9.55 Å². The molecule has 6 nitrogen and oxygen atoms in total. The highest BCUT2D eigenvalue weighted by Gasteiger charge is 2.35. The van der Waals surface area contributed by atoms with E-state index in [1.807, 2.05) is 61.5 Å². The number of hydrogen-bond donors (Lipinski definition) is 1. The van der Waals surface area contributed by atoms with Crippen molar-refractivity contribution in [2.24, 2.45) is 0 Å². The number of anilines is 1. The Morgan fingerprint density at radius 2 is 1.81 bits per heavy atom. The number of aryl methyl sites for hydroxylation is 1. The molecule has 0 saturated heterocycles. The van der Waals surface area contributed by atoms with Crippen molar-refractivity contribution in [3.8, 4) is 11.3 Å². The van der Waals surface area contributed by atoms with E-state index in [0.717, 1.165) is 17.7 Å². The van der Waals surface area contributed by atoms with Crippen molar-refractivity contribution in [2.75, 3.05) is 11.1 Å². The van der Waals surface area contributed by atoms with Crippen molar-refractivity contribution >= 4 is 21.4 Å². The predicted octanol–water partition coefficient (Wildman–Crippen LogP) is 3.15. The zero-order chi connectivity index (χ0) is 19.0. The molecule has 0 aliphatic carbocycles. The zero-order valence-electron chi connectivity index (χ0n) is 14.8. The molecular formula is C20H19N3O3S. The lowest BCUT2D eigenvalue weighted by Gasteiger charge is -2.11. The summed E-state index contributed by atoms with van der Waals surface area (Å²) in [5.74, 6) is -0.387. The van der Waals surface area contributed by atoms with Crippen LogP contribution in [0.5, 0.6) is 0 Å². The van der Waals surface area contributed by atoms with Crippen LogP contribution in [0.25, 0.3) is 11.3 Å². The highest BCUT2D eigenvalue weighted by Crippen LogP contribution is 2.31. The number of para-hydroxylation sites is 1. The fourth-order valence-corrected chi connectivity index (χ4v) is 4.69. The van der Waals surface area contributed by atoms with Gasteiger partial charge in [0.05, 0.1) is 5.75 Å². The van der Waals surface area contributed by atoms with Gasteiger partial charge >= 0.3 is 0 Å². The number of amides is 1.